The molecule has 1 aromatic carbocycles. The van der Waals surface area contributed by atoms with Crippen LogP contribution in [0.5, 0.6) is 5.75 Å². The van der Waals surface area contributed by atoms with Crippen molar-refractivity contribution in [2.75, 3.05) is 27.4 Å². The van der Waals surface area contributed by atoms with Crippen molar-refractivity contribution in [2.24, 2.45) is 22.7 Å². The maximum atomic E-state index is 13.3. The van der Waals surface area contributed by atoms with E-state index >= 15 is 0 Å². The number of Topliss-reactive ketones (excluding diaryl/α,β-unsaturated/α-hetero) is 1. The van der Waals surface area contributed by atoms with E-state index in [1.807, 2.05) is 31.2 Å². The Morgan fingerprint density at radius 3 is 2.67 bits per heavy atom. The average Bonchev–Trinajstić information content (AvgIpc) is 2.73. The predicted molar refractivity (Wildman–Crippen MR) is 115 cm³/mol. The van der Waals surface area contributed by atoms with Crippen LogP contribution in [-0.2, 0) is 19.1 Å². The second-order valence-electron chi connectivity index (χ2n) is 7.93. The number of hydrogen-bond acceptors (Lipinski definition) is 6. The molecule has 0 N–H and O–H groups in total. The van der Waals surface area contributed by atoms with Crippen LogP contribution in [0.25, 0.3) is 0 Å². The number of fused-ring (bicyclic) bond motifs is 1. The van der Waals surface area contributed by atoms with Gasteiger partial charge >= 0.3 is 5.97 Å². The topological polar surface area (TPSA) is 74.2 Å². The highest BCUT2D eigenvalue weighted by Crippen LogP contribution is 2.45. The summed E-state index contributed by atoms with van der Waals surface area (Å²) >= 11 is 0. The lowest BCUT2D eigenvalue weighted by atomic mass is 9.67. The molecular weight excluding hydrogens is 382 g/mol. The minimum atomic E-state index is -0.490. The lowest BCUT2D eigenvalue weighted by Crippen LogP contribution is -2.44. The summed E-state index contributed by atoms with van der Waals surface area (Å²) in [5.41, 5.74) is 2.48. The number of para-hydroxylation sites is 1. The van der Waals surface area contributed by atoms with E-state index in [4.69, 9.17) is 19.2 Å². The third kappa shape index (κ3) is 4.48. The second kappa shape index (κ2) is 10.0. The Balaban J connectivity index is 1.96. The normalized spacial score (nSPS) is 25.8. The molecule has 1 aliphatic carbocycles. The van der Waals surface area contributed by atoms with Crippen LogP contribution in [-0.4, -0.2) is 44.9 Å². The maximum absolute atomic E-state index is 13.3. The summed E-state index contributed by atoms with van der Waals surface area (Å²) in [4.78, 5) is 30.9. The van der Waals surface area contributed by atoms with E-state index in [1.165, 1.54) is 0 Å². The summed E-state index contributed by atoms with van der Waals surface area (Å²) in [5, 5.41) is 0. The summed E-state index contributed by atoms with van der Waals surface area (Å²) in [7, 11) is 3.20. The zero-order valence-corrected chi connectivity index (χ0v) is 18.2. The van der Waals surface area contributed by atoms with Gasteiger partial charge in [0, 0.05) is 36.4 Å². The fraction of sp³-hybridized carbons (Fsp3) is 0.542. The molecule has 1 heterocycles. The van der Waals surface area contributed by atoms with Gasteiger partial charge < -0.3 is 14.2 Å². The van der Waals surface area contributed by atoms with Crippen molar-refractivity contribution in [3.63, 3.8) is 0 Å². The van der Waals surface area contributed by atoms with Gasteiger partial charge in [-0.3, -0.25) is 14.6 Å². The van der Waals surface area contributed by atoms with Gasteiger partial charge in [0.15, 0.2) is 0 Å². The molecule has 162 valence electrons. The average molecular weight is 414 g/mol. The number of nitrogens with zero attached hydrogens (tertiary/aromatic N) is 1. The van der Waals surface area contributed by atoms with Crippen LogP contribution in [0, 0.1) is 17.8 Å². The van der Waals surface area contributed by atoms with Gasteiger partial charge in [-0.1, -0.05) is 37.6 Å². The van der Waals surface area contributed by atoms with Gasteiger partial charge in [0.1, 0.15) is 18.1 Å². The van der Waals surface area contributed by atoms with Crippen molar-refractivity contribution in [1.29, 1.82) is 0 Å². The first-order valence-electron chi connectivity index (χ1n) is 10.6. The van der Waals surface area contributed by atoms with Crippen LogP contribution < -0.4 is 4.74 Å². The van der Waals surface area contributed by atoms with Crippen molar-refractivity contribution in [1.82, 2.24) is 0 Å². The Hall–Kier alpha value is -2.47. The Kier molecular flexibility index (Phi) is 7.43. The summed E-state index contributed by atoms with van der Waals surface area (Å²) < 4.78 is 15.9. The van der Waals surface area contributed by atoms with Crippen LogP contribution in [0.4, 0.5) is 0 Å². The zero-order valence-electron chi connectivity index (χ0n) is 18.2. The van der Waals surface area contributed by atoms with E-state index in [0.717, 1.165) is 29.9 Å². The number of benzene rings is 1. The maximum Gasteiger partial charge on any atom is 0.315 e. The Bertz CT molecular complexity index is 844. The molecular formula is C24H31NO5. The van der Waals surface area contributed by atoms with E-state index < -0.39 is 5.92 Å². The minimum absolute atomic E-state index is 0.0797. The number of ketones is 1. The van der Waals surface area contributed by atoms with Gasteiger partial charge in [-0.25, -0.2) is 0 Å². The molecule has 0 bridgehead atoms. The Labute approximate surface area is 178 Å². The number of carbonyl (C=O) groups is 2. The molecule has 4 atom stereocenters. The number of esters is 1. The van der Waals surface area contributed by atoms with Gasteiger partial charge in [-0.05, 0) is 25.3 Å². The number of carbonyl (C=O) groups excluding carboxylic acids is 2. The molecule has 0 saturated heterocycles. The molecule has 0 amide bonds. The van der Waals surface area contributed by atoms with Crippen molar-refractivity contribution in [3.05, 3.63) is 41.6 Å². The quantitative estimate of drug-likeness (QED) is 0.477. The zero-order chi connectivity index (χ0) is 21.7. The van der Waals surface area contributed by atoms with Crippen LogP contribution in [0.2, 0.25) is 0 Å². The number of methoxy groups -OCH3 is 2. The smallest absolute Gasteiger partial charge is 0.315 e. The van der Waals surface area contributed by atoms with Crippen molar-refractivity contribution >= 4 is 17.5 Å². The first kappa shape index (κ1) is 22.2. The third-order valence-corrected chi connectivity index (χ3v) is 6.02. The summed E-state index contributed by atoms with van der Waals surface area (Å²) in [6.07, 6.45) is 4.12. The molecule has 6 heteroatoms. The largest absolute Gasteiger partial charge is 0.496 e. The van der Waals surface area contributed by atoms with E-state index in [2.05, 4.69) is 13.0 Å². The molecule has 4 unspecified atom stereocenters. The van der Waals surface area contributed by atoms with Gasteiger partial charge in [-0.15, -0.1) is 0 Å². The van der Waals surface area contributed by atoms with Gasteiger partial charge in [0.05, 0.1) is 25.6 Å². The molecule has 2 aliphatic rings. The highest BCUT2D eigenvalue weighted by atomic mass is 16.6. The fourth-order valence-corrected chi connectivity index (χ4v) is 4.72. The lowest BCUT2D eigenvalue weighted by Gasteiger charge is -2.39. The Morgan fingerprint density at radius 1 is 1.20 bits per heavy atom. The Morgan fingerprint density at radius 2 is 1.97 bits per heavy atom. The van der Waals surface area contributed by atoms with Gasteiger partial charge in [0.2, 0.25) is 0 Å². The highest BCUT2D eigenvalue weighted by Gasteiger charge is 2.46. The molecule has 0 spiro atoms. The molecule has 0 radical (unpaired) electrons. The van der Waals surface area contributed by atoms with Crippen LogP contribution >= 0.6 is 0 Å². The van der Waals surface area contributed by atoms with Crippen molar-refractivity contribution in [3.8, 4) is 5.75 Å². The first-order valence-corrected chi connectivity index (χ1v) is 10.6. The first-order chi connectivity index (χ1) is 14.5. The number of aliphatic imine (C=N–C) groups is 1. The number of ether oxygens (including phenoxy) is 3. The molecule has 0 saturated carbocycles. The van der Waals surface area contributed by atoms with E-state index in [0.29, 0.717) is 18.7 Å². The molecule has 6 nitrogen and oxygen atoms in total. The third-order valence-electron chi connectivity index (χ3n) is 6.02. The van der Waals surface area contributed by atoms with Crippen molar-refractivity contribution < 1.29 is 23.8 Å². The van der Waals surface area contributed by atoms with Crippen LogP contribution in [0.15, 0.2) is 41.0 Å². The van der Waals surface area contributed by atoms with Gasteiger partial charge in [-0.2, -0.15) is 0 Å². The van der Waals surface area contributed by atoms with E-state index in [1.54, 1.807) is 14.2 Å². The molecule has 1 aliphatic heterocycles. The molecule has 30 heavy (non-hydrogen) atoms. The number of rotatable bonds is 8. The predicted octanol–water partition coefficient (Wildman–Crippen LogP) is 3.95. The summed E-state index contributed by atoms with van der Waals surface area (Å²) in [6.45, 7) is 4.48. The summed E-state index contributed by atoms with van der Waals surface area (Å²) in [5.74, 6) is -0.468. The SMILES string of the molecule is CCCC1C2C(=O)CC(c3ccccc3OC)C=C2N=C(C)C1C(=O)OCCOC. The van der Waals surface area contributed by atoms with Gasteiger partial charge in [0.25, 0.3) is 0 Å². The molecule has 0 fully saturated rings. The second-order valence-corrected chi connectivity index (χ2v) is 7.93. The highest BCUT2D eigenvalue weighted by molar-refractivity contribution is 6.04. The van der Waals surface area contributed by atoms with E-state index in [-0.39, 0.29) is 36.1 Å². The lowest BCUT2D eigenvalue weighted by molar-refractivity contribution is -0.150. The van der Waals surface area contributed by atoms with E-state index in [9.17, 15) is 9.59 Å². The molecule has 0 aromatic heterocycles. The monoisotopic (exact) mass is 413 g/mol. The standard InChI is InChI=1S/C24H31NO5/c1-5-8-18-22(24(27)30-12-11-28-3)15(2)25-19-13-16(14-20(26)23(18)19)17-9-6-7-10-21(17)29-4/h6-7,9-10,13,16,18,22-23H,5,8,11-12,14H2,1-4H3. The van der Waals surface area contributed by atoms with Crippen LogP contribution in [0.1, 0.15) is 44.6 Å². The summed E-state index contributed by atoms with van der Waals surface area (Å²) in [6, 6.07) is 7.77. The fourth-order valence-electron chi connectivity index (χ4n) is 4.72. The number of hydrogen-bond donors (Lipinski definition) is 0. The number of allylic oxidation sites excluding steroid dienone is 2. The molecule has 3 rings (SSSR count). The minimum Gasteiger partial charge on any atom is -0.496 e. The van der Waals surface area contributed by atoms with Crippen LogP contribution in [0.3, 0.4) is 0 Å². The molecule has 1 aromatic rings. The van der Waals surface area contributed by atoms with Crippen molar-refractivity contribution in [2.45, 2.75) is 39.0 Å².